The van der Waals surface area contributed by atoms with Crippen LogP contribution in [-0.2, 0) is 13.0 Å². The third-order valence-corrected chi connectivity index (χ3v) is 3.72. The van der Waals surface area contributed by atoms with Crippen LogP contribution in [0.3, 0.4) is 0 Å². The highest BCUT2D eigenvalue weighted by Crippen LogP contribution is 2.28. The maximum Gasteiger partial charge on any atom is 0.140 e. The van der Waals surface area contributed by atoms with Crippen molar-refractivity contribution in [1.82, 2.24) is 9.55 Å². The van der Waals surface area contributed by atoms with Crippen molar-refractivity contribution in [3.05, 3.63) is 41.5 Å². The minimum absolute atomic E-state index is 0.0311. The average Bonchev–Trinajstić information content (AvgIpc) is 2.85. The lowest BCUT2D eigenvalue weighted by Crippen LogP contribution is -2.07. The zero-order valence-corrected chi connectivity index (χ0v) is 11.1. The van der Waals surface area contributed by atoms with Gasteiger partial charge in [-0.2, -0.15) is 5.26 Å². The van der Waals surface area contributed by atoms with Crippen molar-refractivity contribution in [2.45, 2.75) is 32.7 Å². The molecule has 3 rings (SSSR count). The molecule has 0 fully saturated rings. The maximum absolute atomic E-state index is 9.04. The molecule has 0 bridgehead atoms. The molecule has 96 valence electrons. The zero-order chi connectivity index (χ0) is 13.2. The van der Waals surface area contributed by atoms with Crippen LogP contribution in [0.5, 0.6) is 0 Å². The highest BCUT2D eigenvalue weighted by Gasteiger charge is 2.22. The van der Waals surface area contributed by atoms with Crippen LogP contribution in [0.2, 0.25) is 0 Å². The molecule has 19 heavy (non-hydrogen) atoms. The second kappa shape index (κ2) is 4.89. The van der Waals surface area contributed by atoms with Gasteiger partial charge in [-0.15, -0.1) is 0 Å². The van der Waals surface area contributed by atoms with Gasteiger partial charge in [0.1, 0.15) is 5.82 Å². The number of nitrogens with zero attached hydrogens (tertiary/aromatic N) is 3. The quantitative estimate of drug-likeness (QED) is 0.809. The van der Waals surface area contributed by atoms with Crippen LogP contribution in [0.4, 0.5) is 0 Å². The predicted octanol–water partition coefficient (Wildman–Crippen LogP) is 3.35. The van der Waals surface area contributed by atoms with E-state index in [-0.39, 0.29) is 5.92 Å². The molecule has 1 heterocycles. The predicted molar refractivity (Wildman–Crippen MR) is 76.1 cm³/mol. The van der Waals surface area contributed by atoms with Crippen molar-refractivity contribution >= 4 is 11.6 Å². The molecule has 0 radical (unpaired) electrons. The molecular weight excluding hydrogens is 234 g/mol. The molecule has 0 spiro atoms. The molecular formula is C16H17N3. The average molecular weight is 251 g/mol. The van der Waals surface area contributed by atoms with Gasteiger partial charge < -0.3 is 4.57 Å². The van der Waals surface area contributed by atoms with Crippen molar-refractivity contribution in [3.8, 4) is 6.07 Å². The van der Waals surface area contributed by atoms with Crippen LogP contribution < -0.4 is 0 Å². The fourth-order valence-corrected chi connectivity index (χ4v) is 2.74. The number of hydrogen-bond donors (Lipinski definition) is 0. The van der Waals surface area contributed by atoms with E-state index in [0.29, 0.717) is 0 Å². The van der Waals surface area contributed by atoms with Gasteiger partial charge in [0.2, 0.25) is 0 Å². The third-order valence-electron chi connectivity index (χ3n) is 3.72. The molecule has 1 unspecified atom stereocenters. The van der Waals surface area contributed by atoms with Gasteiger partial charge in [-0.05, 0) is 25.8 Å². The molecule has 2 aliphatic carbocycles. The molecule has 3 nitrogen and oxygen atoms in total. The number of nitriles is 1. The van der Waals surface area contributed by atoms with E-state index in [9.17, 15) is 0 Å². The lowest BCUT2D eigenvalue weighted by molar-refractivity contribution is 0.731. The van der Waals surface area contributed by atoms with Gasteiger partial charge in [0.15, 0.2) is 0 Å². The summed E-state index contributed by atoms with van der Waals surface area (Å²) >= 11 is 0. The molecule has 0 aromatic carbocycles. The molecule has 0 aliphatic heterocycles. The van der Waals surface area contributed by atoms with E-state index in [1.807, 2.05) is 6.08 Å². The van der Waals surface area contributed by atoms with Crippen LogP contribution >= 0.6 is 0 Å². The second-order valence-electron chi connectivity index (χ2n) is 4.95. The van der Waals surface area contributed by atoms with E-state index < -0.39 is 0 Å². The standard InChI is InChI=1S/C16H17N3/c1-2-19-15-9-8-12(11-17)10-14(15)18-16(19)13-6-4-3-5-7-13/h4,6-9,12H,2-3,5,10H2,1H3. The van der Waals surface area contributed by atoms with Crippen molar-refractivity contribution < 1.29 is 0 Å². The lowest BCUT2D eigenvalue weighted by Gasteiger charge is -2.12. The fourth-order valence-electron chi connectivity index (χ4n) is 2.74. The first-order chi connectivity index (χ1) is 9.33. The second-order valence-corrected chi connectivity index (χ2v) is 4.95. The molecule has 1 aromatic heterocycles. The Morgan fingerprint density at radius 2 is 2.32 bits per heavy atom. The third kappa shape index (κ3) is 2.04. The molecule has 0 amide bonds. The Morgan fingerprint density at radius 3 is 3.00 bits per heavy atom. The molecule has 0 saturated carbocycles. The highest BCUT2D eigenvalue weighted by molar-refractivity contribution is 5.72. The Morgan fingerprint density at radius 1 is 1.42 bits per heavy atom. The minimum Gasteiger partial charge on any atom is -0.325 e. The number of hydrogen-bond acceptors (Lipinski definition) is 2. The number of imidazole rings is 1. The summed E-state index contributed by atoms with van der Waals surface area (Å²) < 4.78 is 2.25. The first-order valence-corrected chi connectivity index (χ1v) is 6.87. The van der Waals surface area contributed by atoms with Gasteiger partial charge in [0.25, 0.3) is 0 Å². The summed E-state index contributed by atoms with van der Waals surface area (Å²) in [5.41, 5.74) is 3.44. The topological polar surface area (TPSA) is 41.6 Å². The van der Waals surface area contributed by atoms with E-state index in [2.05, 4.69) is 41.9 Å². The Hall–Kier alpha value is -2.08. The van der Waals surface area contributed by atoms with Gasteiger partial charge >= 0.3 is 0 Å². The molecule has 2 aliphatic rings. The van der Waals surface area contributed by atoms with E-state index in [4.69, 9.17) is 10.2 Å². The first kappa shape index (κ1) is 12.0. The SMILES string of the molecule is CCn1c(C2=CCCC=C2)nc2c1C=CC(C#N)C2. The van der Waals surface area contributed by atoms with Crippen molar-refractivity contribution in [1.29, 1.82) is 5.26 Å². The maximum atomic E-state index is 9.04. The molecule has 1 aromatic rings. The summed E-state index contributed by atoms with van der Waals surface area (Å²) in [5, 5.41) is 9.04. The molecule has 0 saturated heterocycles. The van der Waals surface area contributed by atoms with Crippen molar-refractivity contribution in [2.24, 2.45) is 5.92 Å². The normalized spacial score (nSPS) is 20.8. The molecule has 1 atom stereocenters. The lowest BCUT2D eigenvalue weighted by atomic mass is 9.98. The van der Waals surface area contributed by atoms with Crippen LogP contribution in [0.15, 0.2) is 24.3 Å². The fraction of sp³-hybridized carbons (Fsp3) is 0.375. The van der Waals surface area contributed by atoms with Crippen LogP contribution in [-0.4, -0.2) is 9.55 Å². The number of aromatic nitrogens is 2. The Bertz CT molecular complexity index is 623. The summed E-state index contributed by atoms with van der Waals surface area (Å²) in [6.45, 7) is 3.05. The number of fused-ring (bicyclic) bond motifs is 1. The summed E-state index contributed by atoms with van der Waals surface area (Å²) in [4.78, 5) is 4.78. The van der Waals surface area contributed by atoms with E-state index in [1.54, 1.807) is 0 Å². The van der Waals surface area contributed by atoms with Gasteiger partial charge in [-0.1, -0.05) is 24.3 Å². The van der Waals surface area contributed by atoms with Crippen molar-refractivity contribution in [2.75, 3.05) is 0 Å². The first-order valence-electron chi connectivity index (χ1n) is 6.87. The summed E-state index contributed by atoms with van der Waals surface area (Å²) in [6, 6.07) is 2.31. The van der Waals surface area contributed by atoms with Crippen LogP contribution in [0.25, 0.3) is 11.6 Å². The minimum atomic E-state index is -0.0311. The van der Waals surface area contributed by atoms with Crippen molar-refractivity contribution in [3.63, 3.8) is 0 Å². The summed E-state index contributed by atoms with van der Waals surface area (Å²) in [6.07, 6.45) is 13.6. The smallest absolute Gasteiger partial charge is 0.140 e. The monoisotopic (exact) mass is 251 g/mol. The highest BCUT2D eigenvalue weighted by atomic mass is 15.1. The van der Waals surface area contributed by atoms with Gasteiger partial charge in [0, 0.05) is 18.5 Å². The van der Waals surface area contributed by atoms with E-state index in [0.717, 1.165) is 37.3 Å². The largest absolute Gasteiger partial charge is 0.325 e. The van der Waals surface area contributed by atoms with Gasteiger partial charge in [-0.25, -0.2) is 4.98 Å². The van der Waals surface area contributed by atoms with E-state index in [1.165, 1.54) is 11.3 Å². The van der Waals surface area contributed by atoms with Crippen LogP contribution in [0, 0.1) is 17.2 Å². The summed E-state index contributed by atoms with van der Waals surface area (Å²) in [7, 11) is 0. The number of allylic oxidation sites excluding steroid dienone is 5. The van der Waals surface area contributed by atoms with Gasteiger partial charge in [0.05, 0.1) is 23.4 Å². The Balaban J connectivity index is 2.06. The van der Waals surface area contributed by atoms with Crippen LogP contribution in [0.1, 0.15) is 37.0 Å². The Kier molecular flexibility index (Phi) is 3.08. The number of rotatable bonds is 2. The Labute approximate surface area is 113 Å². The zero-order valence-electron chi connectivity index (χ0n) is 11.1. The van der Waals surface area contributed by atoms with E-state index >= 15 is 0 Å². The molecule has 0 N–H and O–H groups in total. The summed E-state index contributed by atoms with van der Waals surface area (Å²) in [5.74, 6) is 1.02. The van der Waals surface area contributed by atoms with Gasteiger partial charge in [-0.3, -0.25) is 0 Å². The molecule has 3 heteroatoms.